The van der Waals surface area contributed by atoms with Gasteiger partial charge < -0.3 is 14.8 Å². The number of nitrogens with one attached hydrogen (secondary N) is 1. The van der Waals surface area contributed by atoms with Crippen molar-refractivity contribution in [1.82, 2.24) is 10.3 Å². The monoisotopic (exact) mass is 322 g/mol. The predicted octanol–water partition coefficient (Wildman–Crippen LogP) is 2.36. The number of esters is 1. The van der Waals surface area contributed by atoms with Crippen molar-refractivity contribution in [3.05, 3.63) is 29.1 Å². The first-order chi connectivity index (χ1) is 10.7. The Morgan fingerprint density at radius 1 is 1.35 bits per heavy atom. The molecule has 0 saturated carbocycles. The first kappa shape index (κ1) is 19.1. The van der Waals surface area contributed by atoms with Gasteiger partial charge in [-0.1, -0.05) is 20.8 Å². The third-order valence-corrected chi connectivity index (χ3v) is 3.54. The summed E-state index contributed by atoms with van der Waals surface area (Å²) in [6.45, 7) is 10.2. The van der Waals surface area contributed by atoms with Gasteiger partial charge in [0.1, 0.15) is 0 Å². The van der Waals surface area contributed by atoms with Crippen molar-refractivity contribution >= 4 is 11.9 Å². The van der Waals surface area contributed by atoms with Crippen LogP contribution in [0.25, 0.3) is 0 Å². The van der Waals surface area contributed by atoms with Crippen molar-refractivity contribution in [3.8, 4) is 0 Å². The Morgan fingerprint density at radius 3 is 2.52 bits per heavy atom. The first-order valence-electron chi connectivity index (χ1n) is 7.65. The minimum absolute atomic E-state index is 0.0951. The average molecular weight is 322 g/mol. The van der Waals surface area contributed by atoms with Gasteiger partial charge in [-0.2, -0.15) is 0 Å². The molecular weight excluding hydrogens is 296 g/mol. The second-order valence-electron chi connectivity index (χ2n) is 6.38. The van der Waals surface area contributed by atoms with Crippen molar-refractivity contribution < 1.29 is 19.1 Å². The summed E-state index contributed by atoms with van der Waals surface area (Å²) in [7, 11) is 1.62. The van der Waals surface area contributed by atoms with Gasteiger partial charge in [0.15, 0.2) is 0 Å². The highest BCUT2D eigenvalue weighted by Gasteiger charge is 2.25. The fourth-order valence-electron chi connectivity index (χ4n) is 2.11. The number of hydrogen-bond acceptors (Lipinski definition) is 5. The van der Waals surface area contributed by atoms with Crippen molar-refractivity contribution in [3.63, 3.8) is 0 Å². The fraction of sp³-hybridized carbons (Fsp3) is 0.588. The van der Waals surface area contributed by atoms with Crippen LogP contribution in [-0.4, -0.2) is 43.2 Å². The molecule has 0 bridgehead atoms. The van der Waals surface area contributed by atoms with Gasteiger partial charge in [0.25, 0.3) is 5.91 Å². The zero-order chi connectivity index (χ0) is 17.6. The van der Waals surface area contributed by atoms with Gasteiger partial charge in [0.2, 0.25) is 0 Å². The molecule has 0 radical (unpaired) electrons. The Balaban J connectivity index is 2.87. The summed E-state index contributed by atoms with van der Waals surface area (Å²) in [5.41, 5.74) is 1.09. The number of hydrogen-bond donors (Lipinski definition) is 1. The molecule has 1 heterocycles. The summed E-state index contributed by atoms with van der Waals surface area (Å²) in [4.78, 5) is 28.3. The number of aryl methyl sites for hydroxylation is 1. The maximum absolute atomic E-state index is 12.4. The average Bonchev–Trinajstić information content (AvgIpc) is 2.46. The van der Waals surface area contributed by atoms with E-state index in [9.17, 15) is 9.59 Å². The highest BCUT2D eigenvalue weighted by atomic mass is 16.5. The molecule has 23 heavy (non-hydrogen) atoms. The van der Waals surface area contributed by atoms with Crippen LogP contribution in [0.1, 0.15) is 54.1 Å². The maximum atomic E-state index is 12.4. The van der Waals surface area contributed by atoms with Gasteiger partial charge in [-0.05, 0) is 25.3 Å². The van der Waals surface area contributed by atoms with Crippen molar-refractivity contribution in [2.75, 3.05) is 20.3 Å². The minimum Gasteiger partial charge on any atom is -0.462 e. The molecule has 1 rings (SSSR count). The van der Waals surface area contributed by atoms with Crippen LogP contribution in [-0.2, 0) is 9.47 Å². The van der Waals surface area contributed by atoms with Crippen LogP contribution in [0.2, 0.25) is 0 Å². The van der Waals surface area contributed by atoms with Crippen LogP contribution in [0.5, 0.6) is 0 Å². The van der Waals surface area contributed by atoms with E-state index >= 15 is 0 Å². The van der Waals surface area contributed by atoms with E-state index in [0.29, 0.717) is 17.8 Å². The summed E-state index contributed by atoms with van der Waals surface area (Å²) in [6.07, 6.45) is 1.30. The third kappa shape index (κ3) is 5.32. The van der Waals surface area contributed by atoms with Crippen molar-refractivity contribution in [1.29, 1.82) is 0 Å². The van der Waals surface area contributed by atoms with E-state index in [4.69, 9.17) is 9.47 Å². The molecule has 128 valence electrons. The number of methoxy groups -OCH3 is 1. The minimum atomic E-state index is -0.487. The van der Waals surface area contributed by atoms with Crippen LogP contribution in [0, 0.1) is 12.3 Å². The lowest BCUT2D eigenvalue weighted by molar-refractivity contribution is 0.0176. The smallest absolute Gasteiger partial charge is 0.339 e. The van der Waals surface area contributed by atoms with Crippen molar-refractivity contribution in [2.45, 2.75) is 40.7 Å². The number of carbonyl (C=O) groups excluding carboxylic acids is 2. The van der Waals surface area contributed by atoms with Crippen molar-refractivity contribution in [2.24, 2.45) is 5.41 Å². The van der Waals surface area contributed by atoms with Crippen LogP contribution in [0.15, 0.2) is 12.3 Å². The Morgan fingerprint density at radius 2 is 2.00 bits per heavy atom. The number of pyridine rings is 1. The predicted molar refractivity (Wildman–Crippen MR) is 87.5 cm³/mol. The van der Waals surface area contributed by atoms with Gasteiger partial charge in [-0.25, -0.2) is 4.79 Å². The number of ether oxygens (including phenoxy) is 2. The van der Waals surface area contributed by atoms with E-state index < -0.39 is 5.97 Å². The molecule has 1 amide bonds. The van der Waals surface area contributed by atoms with E-state index in [1.165, 1.54) is 12.3 Å². The molecule has 1 atom stereocenters. The van der Waals surface area contributed by atoms with Gasteiger partial charge in [0.05, 0.1) is 29.5 Å². The molecule has 0 spiro atoms. The maximum Gasteiger partial charge on any atom is 0.339 e. The van der Waals surface area contributed by atoms with E-state index in [1.807, 2.05) is 20.8 Å². The van der Waals surface area contributed by atoms with E-state index in [0.717, 1.165) is 0 Å². The summed E-state index contributed by atoms with van der Waals surface area (Å²) in [5, 5.41) is 2.84. The molecule has 6 nitrogen and oxygen atoms in total. The normalized spacial score (nSPS) is 12.6. The number of aromatic nitrogens is 1. The topological polar surface area (TPSA) is 77.5 Å². The lowest BCUT2D eigenvalue weighted by Crippen LogP contribution is -2.40. The highest BCUT2D eigenvalue weighted by Crippen LogP contribution is 2.21. The molecule has 0 aliphatic carbocycles. The lowest BCUT2D eigenvalue weighted by Gasteiger charge is -2.29. The summed E-state index contributed by atoms with van der Waals surface area (Å²) in [5.74, 6) is -0.772. The quantitative estimate of drug-likeness (QED) is 0.814. The molecular formula is C17H26N2O4. The molecule has 1 unspecified atom stereocenters. The second-order valence-corrected chi connectivity index (χ2v) is 6.38. The van der Waals surface area contributed by atoms with Crippen LogP contribution in [0.4, 0.5) is 0 Å². The summed E-state index contributed by atoms with van der Waals surface area (Å²) in [6, 6.07) is 1.51. The van der Waals surface area contributed by atoms with E-state index in [2.05, 4.69) is 10.3 Å². The largest absolute Gasteiger partial charge is 0.462 e. The van der Waals surface area contributed by atoms with Crippen LogP contribution >= 0.6 is 0 Å². The highest BCUT2D eigenvalue weighted by molar-refractivity contribution is 5.98. The molecule has 1 N–H and O–H groups in total. The Bertz CT molecular complexity index is 564. The SMILES string of the molecule is CCOC(=O)c1cnc(C)c(C(=O)NCC(OC)C(C)(C)C)c1. The molecule has 0 fully saturated rings. The molecule has 0 aromatic carbocycles. The Hall–Kier alpha value is -1.95. The van der Waals surface area contributed by atoms with Gasteiger partial charge in [0, 0.05) is 19.9 Å². The van der Waals surface area contributed by atoms with E-state index in [1.54, 1.807) is 21.0 Å². The lowest BCUT2D eigenvalue weighted by atomic mass is 9.89. The Labute approximate surface area is 137 Å². The van der Waals surface area contributed by atoms with E-state index in [-0.39, 0.29) is 29.6 Å². The second kappa shape index (κ2) is 8.06. The Kier molecular flexibility index (Phi) is 6.69. The van der Waals surface area contributed by atoms with Crippen LogP contribution < -0.4 is 5.32 Å². The van der Waals surface area contributed by atoms with Crippen LogP contribution in [0.3, 0.4) is 0 Å². The number of nitrogens with zero attached hydrogens (tertiary/aromatic N) is 1. The number of amides is 1. The summed E-state index contributed by atoms with van der Waals surface area (Å²) >= 11 is 0. The van der Waals surface area contributed by atoms with Gasteiger partial charge in [-0.15, -0.1) is 0 Å². The summed E-state index contributed by atoms with van der Waals surface area (Å²) < 4.78 is 10.4. The molecule has 0 saturated heterocycles. The molecule has 0 aliphatic heterocycles. The zero-order valence-electron chi connectivity index (χ0n) is 14.7. The molecule has 1 aromatic rings. The number of carbonyl (C=O) groups is 2. The molecule has 0 aliphatic rings. The number of rotatable bonds is 6. The first-order valence-corrected chi connectivity index (χ1v) is 7.65. The molecule has 1 aromatic heterocycles. The third-order valence-electron chi connectivity index (χ3n) is 3.54. The molecule has 6 heteroatoms. The standard InChI is InChI=1S/C17H26N2O4/c1-7-23-16(21)12-8-13(11(2)18-9-12)15(20)19-10-14(22-6)17(3,4)5/h8-9,14H,7,10H2,1-6H3,(H,19,20). The van der Waals surface area contributed by atoms with Gasteiger partial charge >= 0.3 is 5.97 Å². The van der Waals surface area contributed by atoms with Gasteiger partial charge in [-0.3, -0.25) is 9.78 Å². The zero-order valence-corrected chi connectivity index (χ0v) is 14.7. The fourth-order valence-corrected chi connectivity index (χ4v) is 2.11.